The number of nitrogens with one attached hydrogen (secondary N) is 2. The number of aryl methyl sites for hydroxylation is 1. The zero-order chi connectivity index (χ0) is 14.5. The molecule has 0 saturated heterocycles. The average Bonchev–Trinajstić information content (AvgIpc) is 2.86. The highest BCUT2D eigenvalue weighted by Crippen LogP contribution is 2.19. The van der Waals surface area contributed by atoms with Crippen LogP contribution in [0.4, 0.5) is 10.5 Å². The van der Waals surface area contributed by atoms with Gasteiger partial charge in [0.15, 0.2) is 0 Å². The molecule has 2 amide bonds. The van der Waals surface area contributed by atoms with Gasteiger partial charge in [-0.15, -0.1) is 10.2 Å². The van der Waals surface area contributed by atoms with Crippen LogP contribution in [0.3, 0.4) is 0 Å². The van der Waals surface area contributed by atoms with E-state index in [4.69, 9.17) is 9.52 Å². The number of hydrogen-bond acceptors (Lipinski definition) is 5. The Bertz CT molecular complexity index is 580. The molecule has 20 heavy (non-hydrogen) atoms. The first-order chi connectivity index (χ1) is 9.58. The summed E-state index contributed by atoms with van der Waals surface area (Å²) in [5, 5.41) is 21.8. The lowest BCUT2D eigenvalue weighted by molar-refractivity contribution is 0.229. The van der Waals surface area contributed by atoms with Crippen molar-refractivity contribution >= 4 is 11.7 Å². The minimum atomic E-state index is -0.368. The molecule has 1 unspecified atom stereocenters. The number of nitrogens with zero attached hydrogens (tertiary/aromatic N) is 2. The fourth-order valence-corrected chi connectivity index (χ4v) is 1.55. The molecule has 2 aromatic rings. The van der Waals surface area contributed by atoms with Crippen molar-refractivity contribution in [3.05, 3.63) is 30.2 Å². The smallest absolute Gasteiger partial charge is 0.319 e. The molecule has 7 heteroatoms. The van der Waals surface area contributed by atoms with E-state index in [0.29, 0.717) is 17.5 Å². The zero-order valence-corrected chi connectivity index (χ0v) is 11.3. The van der Waals surface area contributed by atoms with Gasteiger partial charge in [-0.1, -0.05) is 0 Å². The van der Waals surface area contributed by atoms with Crippen molar-refractivity contribution in [3.8, 4) is 11.5 Å². The number of anilines is 1. The molecular weight excluding hydrogens is 260 g/mol. The van der Waals surface area contributed by atoms with Crippen LogP contribution in [0.1, 0.15) is 12.8 Å². The molecule has 0 aliphatic carbocycles. The van der Waals surface area contributed by atoms with Crippen LogP contribution in [-0.4, -0.2) is 34.0 Å². The summed E-state index contributed by atoms with van der Waals surface area (Å²) in [6.07, 6.45) is 0. The first-order valence-electron chi connectivity index (χ1n) is 6.17. The van der Waals surface area contributed by atoms with Gasteiger partial charge in [-0.3, -0.25) is 0 Å². The number of aromatic nitrogens is 2. The van der Waals surface area contributed by atoms with E-state index in [0.717, 1.165) is 5.56 Å². The Kier molecular flexibility index (Phi) is 4.31. The number of hydrogen-bond donors (Lipinski definition) is 3. The van der Waals surface area contributed by atoms with E-state index in [2.05, 4.69) is 20.8 Å². The fraction of sp³-hybridized carbons (Fsp3) is 0.308. The predicted octanol–water partition coefficient (Wildman–Crippen LogP) is 1.55. The molecule has 2 rings (SSSR count). The van der Waals surface area contributed by atoms with Gasteiger partial charge in [0.05, 0.1) is 12.6 Å². The number of carbonyl (C=O) groups is 1. The normalized spacial score (nSPS) is 11.9. The van der Waals surface area contributed by atoms with Crippen LogP contribution in [0.5, 0.6) is 0 Å². The number of benzene rings is 1. The van der Waals surface area contributed by atoms with Crippen molar-refractivity contribution in [2.24, 2.45) is 0 Å². The molecule has 3 N–H and O–H groups in total. The van der Waals surface area contributed by atoms with Gasteiger partial charge < -0.3 is 20.2 Å². The number of rotatable bonds is 4. The van der Waals surface area contributed by atoms with Crippen LogP contribution in [0.15, 0.2) is 28.7 Å². The Morgan fingerprint density at radius 1 is 1.35 bits per heavy atom. The number of aliphatic hydroxyl groups excluding tert-OH is 1. The summed E-state index contributed by atoms with van der Waals surface area (Å²) < 4.78 is 5.31. The van der Waals surface area contributed by atoms with Crippen LogP contribution in [-0.2, 0) is 0 Å². The summed E-state index contributed by atoms with van der Waals surface area (Å²) in [5.74, 6) is 0.937. The molecule has 1 aromatic heterocycles. The molecule has 1 heterocycles. The van der Waals surface area contributed by atoms with E-state index in [9.17, 15) is 4.79 Å². The number of carbonyl (C=O) groups excluding carboxylic acids is 1. The van der Waals surface area contributed by atoms with Gasteiger partial charge in [0.25, 0.3) is 0 Å². The summed E-state index contributed by atoms with van der Waals surface area (Å²) in [6, 6.07) is 6.36. The van der Waals surface area contributed by atoms with Crippen molar-refractivity contribution in [2.75, 3.05) is 11.9 Å². The fourth-order valence-electron chi connectivity index (χ4n) is 1.55. The Hall–Kier alpha value is -2.41. The molecule has 0 aliphatic rings. The summed E-state index contributed by atoms with van der Waals surface area (Å²) in [5.41, 5.74) is 1.41. The van der Waals surface area contributed by atoms with Gasteiger partial charge in [0.1, 0.15) is 0 Å². The Morgan fingerprint density at radius 3 is 2.60 bits per heavy atom. The van der Waals surface area contributed by atoms with Gasteiger partial charge in [0.2, 0.25) is 11.8 Å². The van der Waals surface area contributed by atoms with E-state index in [1.54, 1.807) is 38.1 Å². The van der Waals surface area contributed by atoms with Gasteiger partial charge in [-0.05, 0) is 31.2 Å². The summed E-state index contributed by atoms with van der Waals surface area (Å²) in [6.45, 7) is 3.32. The maximum atomic E-state index is 11.6. The van der Waals surface area contributed by atoms with Crippen molar-refractivity contribution in [1.82, 2.24) is 15.5 Å². The largest absolute Gasteiger partial charge is 0.421 e. The lowest BCUT2D eigenvalue weighted by Crippen LogP contribution is -2.38. The van der Waals surface area contributed by atoms with Gasteiger partial charge in [0, 0.05) is 18.2 Å². The topological polar surface area (TPSA) is 100 Å². The molecule has 0 saturated carbocycles. The SMILES string of the molecule is Cc1nnc(-c2ccc(NC(=O)NC(C)CO)cc2)o1. The van der Waals surface area contributed by atoms with E-state index >= 15 is 0 Å². The number of aliphatic hydroxyl groups is 1. The van der Waals surface area contributed by atoms with Crippen LogP contribution in [0.2, 0.25) is 0 Å². The molecule has 7 nitrogen and oxygen atoms in total. The third kappa shape index (κ3) is 3.55. The van der Waals surface area contributed by atoms with E-state index in [1.807, 2.05) is 0 Å². The van der Waals surface area contributed by atoms with Gasteiger partial charge in [-0.2, -0.15) is 0 Å². The molecule has 1 aromatic carbocycles. The molecule has 0 aliphatic heterocycles. The Labute approximate surface area is 116 Å². The molecular formula is C13H16N4O3. The summed E-state index contributed by atoms with van der Waals surface area (Å²) in [4.78, 5) is 11.6. The quantitative estimate of drug-likeness (QED) is 0.786. The zero-order valence-electron chi connectivity index (χ0n) is 11.3. The summed E-state index contributed by atoms with van der Waals surface area (Å²) in [7, 11) is 0. The van der Waals surface area contributed by atoms with Gasteiger partial charge in [-0.25, -0.2) is 4.79 Å². The predicted molar refractivity (Wildman–Crippen MR) is 73.2 cm³/mol. The van der Waals surface area contributed by atoms with E-state index in [1.165, 1.54) is 0 Å². The standard InChI is InChI=1S/C13H16N4O3/c1-8(7-18)14-13(19)15-11-5-3-10(4-6-11)12-17-16-9(2)20-12/h3-6,8,18H,7H2,1-2H3,(H2,14,15,19). The van der Waals surface area contributed by atoms with Crippen LogP contribution < -0.4 is 10.6 Å². The van der Waals surface area contributed by atoms with Crippen molar-refractivity contribution in [2.45, 2.75) is 19.9 Å². The second-order valence-electron chi connectivity index (χ2n) is 4.39. The van der Waals surface area contributed by atoms with Crippen molar-refractivity contribution in [1.29, 1.82) is 0 Å². The molecule has 0 fully saturated rings. The second kappa shape index (κ2) is 6.16. The molecule has 0 bridgehead atoms. The molecule has 106 valence electrons. The van der Waals surface area contributed by atoms with Crippen LogP contribution in [0, 0.1) is 6.92 Å². The first-order valence-corrected chi connectivity index (χ1v) is 6.17. The molecule has 0 radical (unpaired) electrons. The second-order valence-corrected chi connectivity index (χ2v) is 4.39. The lowest BCUT2D eigenvalue weighted by atomic mass is 10.2. The Morgan fingerprint density at radius 2 is 2.05 bits per heavy atom. The highest BCUT2D eigenvalue weighted by molar-refractivity contribution is 5.89. The third-order valence-electron chi connectivity index (χ3n) is 2.57. The monoisotopic (exact) mass is 276 g/mol. The maximum absolute atomic E-state index is 11.6. The van der Waals surface area contributed by atoms with Crippen LogP contribution in [0.25, 0.3) is 11.5 Å². The average molecular weight is 276 g/mol. The first kappa shape index (κ1) is 14.0. The van der Waals surface area contributed by atoms with Gasteiger partial charge >= 0.3 is 6.03 Å². The highest BCUT2D eigenvalue weighted by atomic mass is 16.4. The van der Waals surface area contributed by atoms with E-state index < -0.39 is 0 Å². The Balaban J connectivity index is 2.00. The minimum absolute atomic E-state index is 0.108. The van der Waals surface area contributed by atoms with Crippen molar-refractivity contribution in [3.63, 3.8) is 0 Å². The number of urea groups is 1. The van der Waals surface area contributed by atoms with Crippen molar-refractivity contribution < 1.29 is 14.3 Å². The lowest BCUT2D eigenvalue weighted by Gasteiger charge is -2.11. The summed E-state index contributed by atoms with van der Waals surface area (Å²) >= 11 is 0. The minimum Gasteiger partial charge on any atom is -0.421 e. The third-order valence-corrected chi connectivity index (χ3v) is 2.57. The number of amides is 2. The molecule has 1 atom stereocenters. The van der Waals surface area contributed by atoms with Crippen LogP contribution >= 0.6 is 0 Å². The highest BCUT2D eigenvalue weighted by Gasteiger charge is 2.08. The maximum Gasteiger partial charge on any atom is 0.319 e. The van der Waals surface area contributed by atoms with E-state index in [-0.39, 0.29) is 18.7 Å². The molecule has 0 spiro atoms.